The second-order valence-electron chi connectivity index (χ2n) is 7.57. The molecule has 2 N–H and O–H groups in total. The van der Waals surface area contributed by atoms with E-state index in [-0.39, 0.29) is 0 Å². The number of anilines is 3. The summed E-state index contributed by atoms with van der Waals surface area (Å²) < 4.78 is 3.38. The van der Waals surface area contributed by atoms with Crippen LogP contribution < -0.4 is 14.9 Å². The maximum absolute atomic E-state index is 6.24. The molecule has 0 amide bonds. The van der Waals surface area contributed by atoms with Gasteiger partial charge >= 0.3 is 0 Å². The minimum absolute atomic E-state index is 0.692. The summed E-state index contributed by atoms with van der Waals surface area (Å²) in [6.45, 7) is 6.79. The first-order chi connectivity index (χ1) is 14.6. The van der Waals surface area contributed by atoms with Crippen molar-refractivity contribution in [3.8, 4) is 0 Å². The van der Waals surface area contributed by atoms with Gasteiger partial charge in [-0.1, -0.05) is 41.2 Å². The van der Waals surface area contributed by atoms with Gasteiger partial charge in [-0.15, -0.1) is 0 Å². The van der Waals surface area contributed by atoms with Gasteiger partial charge in [0.15, 0.2) is 0 Å². The van der Waals surface area contributed by atoms with Crippen molar-refractivity contribution >= 4 is 51.9 Å². The van der Waals surface area contributed by atoms with Crippen LogP contribution in [0, 0.1) is 6.92 Å². The van der Waals surface area contributed by atoms with Gasteiger partial charge in [0.1, 0.15) is 5.82 Å². The van der Waals surface area contributed by atoms with Crippen LogP contribution in [0.1, 0.15) is 5.56 Å². The Balaban J connectivity index is 1.43. The Bertz CT molecular complexity index is 989. The molecule has 2 aromatic carbocycles. The number of rotatable bonds is 7. The van der Waals surface area contributed by atoms with E-state index in [4.69, 9.17) is 21.6 Å². The summed E-state index contributed by atoms with van der Waals surface area (Å²) in [6.07, 6.45) is 0. The highest BCUT2D eigenvalue weighted by Gasteiger charge is 2.18. The average Bonchev–Trinajstić information content (AvgIpc) is 2.75. The molecule has 1 saturated heterocycles. The number of likely N-dealkylation sites (N-methyl/N-ethyl adjacent to an activating group) is 1. The predicted octanol–water partition coefficient (Wildman–Crippen LogP) is 4.52. The molecule has 1 fully saturated rings. The molecule has 1 aliphatic rings. The van der Waals surface area contributed by atoms with Crippen molar-refractivity contribution in [2.75, 3.05) is 60.5 Å². The number of aryl methyl sites for hydroxylation is 1. The molecule has 0 aliphatic carbocycles. The summed E-state index contributed by atoms with van der Waals surface area (Å²) in [6, 6.07) is 14.2. The molecule has 0 unspecified atom stereocenters. The van der Waals surface area contributed by atoms with Crippen molar-refractivity contribution < 1.29 is 0 Å². The van der Waals surface area contributed by atoms with Crippen LogP contribution in [-0.4, -0.2) is 60.4 Å². The van der Waals surface area contributed by atoms with Crippen LogP contribution in [0.5, 0.6) is 0 Å². The van der Waals surface area contributed by atoms with Crippen LogP contribution in [0.3, 0.4) is 0 Å². The van der Waals surface area contributed by atoms with Crippen LogP contribution in [0.25, 0.3) is 10.9 Å². The normalized spacial score (nSPS) is 14.8. The second kappa shape index (κ2) is 9.73. The Hall–Kier alpha value is -2.22. The number of halogens is 1. The van der Waals surface area contributed by atoms with Crippen molar-refractivity contribution in [3.05, 3.63) is 53.1 Å². The van der Waals surface area contributed by atoms with E-state index in [1.165, 1.54) is 5.56 Å². The van der Waals surface area contributed by atoms with Crippen molar-refractivity contribution in [1.29, 1.82) is 0 Å². The Morgan fingerprint density at radius 3 is 2.57 bits per heavy atom. The first-order valence-corrected chi connectivity index (χ1v) is 11.5. The standard InChI is InChI=1S/C22H27ClN6S/c1-16-3-6-18(7-4-16)27-30-14-9-24-21-19-15-17(23)5-8-20(19)25-22(26-21)29-12-10-28(2)11-13-29/h3-8,15,27H,9-14H2,1-2H3,(H,24,25,26). The summed E-state index contributed by atoms with van der Waals surface area (Å²) in [5.41, 5.74) is 3.29. The van der Waals surface area contributed by atoms with E-state index < -0.39 is 0 Å². The fraction of sp³-hybridized carbons (Fsp3) is 0.364. The third-order valence-corrected chi connectivity index (χ3v) is 6.19. The average molecular weight is 443 g/mol. The van der Waals surface area contributed by atoms with Crippen LogP contribution in [0.4, 0.5) is 17.5 Å². The zero-order valence-corrected chi connectivity index (χ0v) is 18.9. The number of nitrogens with zero attached hydrogens (tertiary/aromatic N) is 4. The third-order valence-electron chi connectivity index (χ3n) is 5.17. The summed E-state index contributed by atoms with van der Waals surface area (Å²) >= 11 is 7.92. The summed E-state index contributed by atoms with van der Waals surface area (Å²) in [7, 11) is 2.15. The molecule has 0 atom stereocenters. The molecule has 8 heteroatoms. The minimum atomic E-state index is 0.692. The number of piperazine rings is 1. The van der Waals surface area contributed by atoms with Gasteiger partial charge < -0.3 is 19.8 Å². The lowest BCUT2D eigenvalue weighted by atomic mass is 10.2. The Morgan fingerprint density at radius 2 is 1.80 bits per heavy atom. The van der Waals surface area contributed by atoms with E-state index in [0.29, 0.717) is 5.02 Å². The summed E-state index contributed by atoms with van der Waals surface area (Å²) in [5, 5.41) is 5.14. The quantitative estimate of drug-likeness (QED) is 0.412. The summed E-state index contributed by atoms with van der Waals surface area (Å²) in [4.78, 5) is 14.2. The van der Waals surface area contributed by atoms with Crippen molar-refractivity contribution in [2.45, 2.75) is 6.92 Å². The largest absolute Gasteiger partial charge is 0.368 e. The molecule has 1 aliphatic heterocycles. The van der Waals surface area contributed by atoms with E-state index in [2.05, 4.69) is 58.1 Å². The number of benzene rings is 2. The molecule has 0 bridgehead atoms. The molecule has 0 radical (unpaired) electrons. The maximum Gasteiger partial charge on any atom is 0.227 e. The molecule has 6 nitrogen and oxygen atoms in total. The lowest BCUT2D eigenvalue weighted by Crippen LogP contribution is -2.45. The van der Waals surface area contributed by atoms with Gasteiger partial charge in [0, 0.05) is 54.6 Å². The fourth-order valence-corrected chi connectivity index (χ4v) is 4.13. The highest BCUT2D eigenvalue weighted by atomic mass is 35.5. The van der Waals surface area contributed by atoms with Crippen LogP contribution in [-0.2, 0) is 0 Å². The number of aromatic nitrogens is 2. The Labute approximate surface area is 187 Å². The first kappa shape index (κ1) is 21.0. The van der Waals surface area contributed by atoms with Crippen LogP contribution in [0.15, 0.2) is 42.5 Å². The molecule has 2 heterocycles. The van der Waals surface area contributed by atoms with Gasteiger partial charge in [-0.05, 0) is 44.3 Å². The monoisotopic (exact) mass is 442 g/mol. The molecular weight excluding hydrogens is 416 g/mol. The third kappa shape index (κ3) is 5.28. The molecular formula is C22H27ClN6S. The molecule has 158 valence electrons. The van der Waals surface area contributed by atoms with Crippen LogP contribution in [0.2, 0.25) is 5.02 Å². The maximum atomic E-state index is 6.24. The highest BCUT2D eigenvalue weighted by molar-refractivity contribution is 8.00. The van der Waals surface area contributed by atoms with Crippen molar-refractivity contribution in [2.24, 2.45) is 0 Å². The topological polar surface area (TPSA) is 56.3 Å². The second-order valence-corrected chi connectivity index (χ2v) is 8.90. The fourth-order valence-electron chi connectivity index (χ4n) is 3.35. The summed E-state index contributed by atoms with van der Waals surface area (Å²) in [5.74, 6) is 2.52. The molecule has 4 rings (SSSR count). The van der Waals surface area contributed by atoms with Gasteiger partial charge in [-0.25, -0.2) is 4.98 Å². The van der Waals surface area contributed by atoms with Crippen LogP contribution >= 0.6 is 23.5 Å². The van der Waals surface area contributed by atoms with Gasteiger partial charge in [-0.2, -0.15) is 4.98 Å². The lowest BCUT2D eigenvalue weighted by molar-refractivity contribution is 0.311. The molecule has 0 spiro atoms. The number of nitrogens with one attached hydrogen (secondary N) is 2. The number of hydrogen-bond acceptors (Lipinski definition) is 7. The van der Waals surface area contributed by atoms with Gasteiger partial charge in [0.05, 0.1) is 5.52 Å². The molecule has 30 heavy (non-hydrogen) atoms. The first-order valence-electron chi connectivity index (χ1n) is 10.2. The van der Waals surface area contributed by atoms with Crippen molar-refractivity contribution in [1.82, 2.24) is 14.9 Å². The lowest BCUT2D eigenvalue weighted by Gasteiger charge is -2.32. The molecule has 0 saturated carbocycles. The van der Waals surface area contributed by atoms with Gasteiger partial charge in [0.2, 0.25) is 5.95 Å². The SMILES string of the molecule is Cc1ccc(NSCCNc2nc(N3CCN(C)CC3)nc3ccc(Cl)cc23)cc1. The number of hydrogen-bond donors (Lipinski definition) is 2. The van der Waals surface area contributed by atoms with Crippen molar-refractivity contribution in [3.63, 3.8) is 0 Å². The van der Waals surface area contributed by atoms with E-state index >= 15 is 0 Å². The zero-order chi connectivity index (χ0) is 20.9. The zero-order valence-electron chi connectivity index (χ0n) is 17.4. The highest BCUT2D eigenvalue weighted by Crippen LogP contribution is 2.27. The minimum Gasteiger partial charge on any atom is -0.368 e. The van der Waals surface area contributed by atoms with E-state index in [1.54, 1.807) is 11.9 Å². The predicted molar refractivity (Wildman–Crippen MR) is 130 cm³/mol. The van der Waals surface area contributed by atoms with E-state index in [1.807, 2.05) is 18.2 Å². The van der Waals surface area contributed by atoms with E-state index in [0.717, 1.165) is 66.8 Å². The van der Waals surface area contributed by atoms with Gasteiger partial charge in [0.25, 0.3) is 0 Å². The molecule has 1 aromatic heterocycles. The van der Waals surface area contributed by atoms with Gasteiger partial charge in [-0.3, -0.25) is 0 Å². The number of fused-ring (bicyclic) bond motifs is 1. The smallest absolute Gasteiger partial charge is 0.227 e. The Morgan fingerprint density at radius 1 is 1.03 bits per heavy atom. The van der Waals surface area contributed by atoms with E-state index in [9.17, 15) is 0 Å². The molecule has 3 aromatic rings. The Kier molecular flexibility index (Phi) is 6.82.